The van der Waals surface area contributed by atoms with Gasteiger partial charge in [-0.15, -0.1) is 0 Å². The quantitative estimate of drug-likeness (QED) is 0.918. The second-order valence-electron chi connectivity index (χ2n) is 6.70. The number of hydrogen-bond acceptors (Lipinski definition) is 3. The highest BCUT2D eigenvalue weighted by atomic mass is 16.3. The van der Waals surface area contributed by atoms with Gasteiger partial charge in [-0.2, -0.15) is 0 Å². The van der Waals surface area contributed by atoms with Crippen molar-refractivity contribution < 1.29 is 4.42 Å². The molecule has 1 aliphatic heterocycles. The van der Waals surface area contributed by atoms with E-state index in [1.807, 2.05) is 6.92 Å². The van der Waals surface area contributed by atoms with Gasteiger partial charge in [-0.25, -0.2) is 0 Å². The van der Waals surface area contributed by atoms with Gasteiger partial charge in [0.25, 0.3) is 0 Å². The fourth-order valence-corrected chi connectivity index (χ4v) is 3.79. The lowest BCUT2D eigenvalue weighted by Gasteiger charge is -2.42. The van der Waals surface area contributed by atoms with E-state index in [9.17, 15) is 0 Å². The molecule has 20 heavy (non-hydrogen) atoms. The van der Waals surface area contributed by atoms with E-state index in [1.165, 1.54) is 38.6 Å². The fourth-order valence-electron chi connectivity index (χ4n) is 3.79. The Morgan fingerprint density at radius 3 is 2.75 bits per heavy atom. The molecule has 1 saturated heterocycles. The van der Waals surface area contributed by atoms with E-state index in [0.29, 0.717) is 12.1 Å². The summed E-state index contributed by atoms with van der Waals surface area (Å²) in [6.45, 7) is 7.59. The first-order chi connectivity index (χ1) is 9.72. The van der Waals surface area contributed by atoms with E-state index in [2.05, 4.69) is 29.3 Å². The number of hydrogen-bond donors (Lipinski definition) is 1. The largest absolute Gasteiger partial charge is 0.465 e. The number of furan rings is 1. The lowest BCUT2D eigenvalue weighted by atomic mass is 9.82. The topological polar surface area (TPSA) is 28.4 Å². The molecule has 0 amide bonds. The summed E-state index contributed by atoms with van der Waals surface area (Å²) < 4.78 is 5.75. The van der Waals surface area contributed by atoms with Crippen molar-refractivity contribution in [2.75, 3.05) is 13.1 Å². The first-order valence-electron chi connectivity index (χ1n) is 8.25. The van der Waals surface area contributed by atoms with Crippen LogP contribution >= 0.6 is 0 Å². The van der Waals surface area contributed by atoms with E-state index in [0.717, 1.165) is 30.5 Å². The van der Waals surface area contributed by atoms with Gasteiger partial charge in [0.15, 0.2) is 0 Å². The second-order valence-corrected chi connectivity index (χ2v) is 6.70. The summed E-state index contributed by atoms with van der Waals surface area (Å²) in [5.74, 6) is 3.02. The standard InChI is InChI=1S/C17H28N2O/c1-13-10-18-17(15-6-4-3-5-7-15)12-19(13)11-16-9-8-14(2)20-16/h8-9,13,15,17-18H,3-7,10-12H2,1-2H3. The molecule has 1 N–H and O–H groups in total. The smallest absolute Gasteiger partial charge is 0.118 e. The maximum absolute atomic E-state index is 5.75. The van der Waals surface area contributed by atoms with Crippen LogP contribution in [0.15, 0.2) is 16.5 Å². The highest BCUT2D eigenvalue weighted by molar-refractivity contribution is 5.06. The minimum Gasteiger partial charge on any atom is -0.465 e. The Labute approximate surface area is 122 Å². The molecular formula is C17H28N2O. The Balaban J connectivity index is 1.60. The molecule has 0 aromatic carbocycles. The zero-order valence-electron chi connectivity index (χ0n) is 12.9. The van der Waals surface area contributed by atoms with Crippen LogP contribution in [-0.2, 0) is 6.54 Å². The number of piperazine rings is 1. The molecule has 1 aromatic rings. The van der Waals surface area contributed by atoms with Crippen molar-refractivity contribution in [2.24, 2.45) is 5.92 Å². The Morgan fingerprint density at radius 2 is 2.05 bits per heavy atom. The van der Waals surface area contributed by atoms with E-state index in [4.69, 9.17) is 4.42 Å². The molecule has 2 fully saturated rings. The van der Waals surface area contributed by atoms with Crippen molar-refractivity contribution in [3.8, 4) is 0 Å². The minimum absolute atomic E-state index is 0.597. The summed E-state index contributed by atoms with van der Waals surface area (Å²) >= 11 is 0. The van der Waals surface area contributed by atoms with E-state index >= 15 is 0 Å². The first kappa shape index (κ1) is 14.2. The van der Waals surface area contributed by atoms with Crippen molar-refractivity contribution in [1.29, 1.82) is 0 Å². The predicted octanol–water partition coefficient (Wildman–Crippen LogP) is 3.33. The van der Waals surface area contributed by atoms with E-state index in [1.54, 1.807) is 0 Å². The molecule has 3 nitrogen and oxygen atoms in total. The molecule has 1 aromatic heterocycles. The highest BCUT2D eigenvalue weighted by Crippen LogP contribution is 2.28. The van der Waals surface area contributed by atoms with Gasteiger partial charge < -0.3 is 9.73 Å². The van der Waals surface area contributed by atoms with Crippen LogP contribution in [0.3, 0.4) is 0 Å². The van der Waals surface area contributed by atoms with Crippen LogP contribution in [0.5, 0.6) is 0 Å². The molecule has 2 atom stereocenters. The summed E-state index contributed by atoms with van der Waals surface area (Å²) in [6, 6.07) is 5.48. The molecule has 2 unspecified atom stereocenters. The molecular weight excluding hydrogens is 248 g/mol. The second kappa shape index (κ2) is 6.31. The highest BCUT2D eigenvalue weighted by Gasteiger charge is 2.31. The van der Waals surface area contributed by atoms with Crippen LogP contribution < -0.4 is 5.32 Å². The molecule has 1 aliphatic carbocycles. The van der Waals surface area contributed by atoms with Gasteiger partial charge in [-0.05, 0) is 44.7 Å². The van der Waals surface area contributed by atoms with Gasteiger partial charge in [0.05, 0.1) is 6.54 Å². The van der Waals surface area contributed by atoms with Crippen molar-refractivity contribution in [3.63, 3.8) is 0 Å². The Hall–Kier alpha value is -0.800. The average molecular weight is 276 g/mol. The summed E-state index contributed by atoms with van der Waals surface area (Å²) in [5, 5.41) is 3.79. The third-order valence-electron chi connectivity index (χ3n) is 5.10. The molecule has 112 valence electrons. The van der Waals surface area contributed by atoms with Crippen molar-refractivity contribution in [3.05, 3.63) is 23.7 Å². The van der Waals surface area contributed by atoms with Gasteiger partial charge >= 0.3 is 0 Å². The monoisotopic (exact) mass is 276 g/mol. The van der Waals surface area contributed by atoms with Gasteiger partial charge in [-0.1, -0.05) is 19.3 Å². The lowest BCUT2D eigenvalue weighted by Crippen LogP contribution is -2.57. The molecule has 2 heterocycles. The minimum atomic E-state index is 0.597. The zero-order valence-corrected chi connectivity index (χ0v) is 12.9. The summed E-state index contributed by atoms with van der Waals surface area (Å²) in [5.41, 5.74) is 0. The SMILES string of the molecule is Cc1ccc(CN2CC(C3CCCCC3)NCC2C)o1. The molecule has 2 aliphatic rings. The molecule has 3 heteroatoms. The summed E-state index contributed by atoms with van der Waals surface area (Å²) in [7, 11) is 0. The van der Waals surface area contributed by atoms with Gasteiger partial charge in [0, 0.05) is 25.2 Å². The molecule has 3 rings (SSSR count). The third-order valence-corrected chi connectivity index (χ3v) is 5.10. The molecule has 0 spiro atoms. The van der Waals surface area contributed by atoms with Crippen molar-refractivity contribution in [1.82, 2.24) is 10.2 Å². The zero-order chi connectivity index (χ0) is 13.9. The predicted molar refractivity (Wildman–Crippen MR) is 81.7 cm³/mol. The maximum atomic E-state index is 5.75. The number of rotatable bonds is 3. The van der Waals surface area contributed by atoms with Crippen LogP contribution in [0.4, 0.5) is 0 Å². The fraction of sp³-hybridized carbons (Fsp3) is 0.765. The number of nitrogens with one attached hydrogen (secondary N) is 1. The maximum Gasteiger partial charge on any atom is 0.118 e. The van der Waals surface area contributed by atoms with Gasteiger partial charge in [-0.3, -0.25) is 4.90 Å². The van der Waals surface area contributed by atoms with Crippen LogP contribution in [-0.4, -0.2) is 30.1 Å². The first-order valence-corrected chi connectivity index (χ1v) is 8.25. The molecule has 0 radical (unpaired) electrons. The van der Waals surface area contributed by atoms with Gasteiger partial charge in [0.2, 0.25) is 0 Å². The van der Waals surface area contributed by atoms with Crippen LogP contribution in [0.1, 0.15) is 50.5 Å². The average Bonchev–Trinajstić information content (AvgIpc) is 2.88. The van der Waals surface area contributed by atoms with E-state index in [-0.39, 0.29) is 0 Å². The molecule has 0 bridgehead atoms. The van der Waals surface area contributed by atoms with Gasteiger partial charge in [0.1, 0.15) is 11.5 Å². The van der Waals surface area contributed by atoms with Crippen LogP contribution in [0.2, 0.25) is 0 Å². The lowest BCUT2D eigenvalue weighted by molar-refractivity contribution is 0.0916. The Kier molecular flexibility index (Phi) is 4.47. The summed E-state index contributed by atoms with van der Waals surface area (Å²) in [4.78, 5) is 2.59. The normalized spacial score (nSPS) is 29.7. The van der Waals surface area contributed by atoms with Crippen LogP contribution in [0.25, 0.3) is 0 Å². The van der Waals surface area contributed by atoms with Crippen LogP contribution in [0, 0.1) is 12.8 Å². The Bertz CT molecular complexity index is 422. The van der Waals surface area contributed by atoms with Crippen molar-refractivity contribution >= 4 is 0 Å². The van der Waals surface area contributed by atoms with E-state index < -0.39 is 0 Å². The third kappa shape index (κ3) is 3.26. The number of aryl methyl sites for hydroxylation is 1. The van der Waals surface area contributed by atoms with Crippen molar-refractivity contribution in [2.45, 2.75) is 64.6 Å². The molecule has 1 saturated carbocycles. The summed E-state index contributed by atoms with van der Waals surface area (Å²) in [6.07, 6.45) is 7.13. The Morgan fingerprint density at radius 1 is 1.25 bits per heavy atom. The number of nitrogens with zero attached hydrogens (tertiary/aromatic N) is 1.